The SMILES string of the molecule is C=CC[C@@]1(CO)CCCN(C(=O)CCN2CCCC2=O)C1. The van der Waals surface area contributed by atoms with Gasteiger partial charge in [0, 0.05) is 44.4 Å². The van der Waals surface area contributed by atoms with Crippen molar-refractivity contribution in [2.24, 2.45) is 5.41 Å². The molecule has 0 radical (unpaired) electrons. The number of aliphatic hydroxyl groups is 1. The second kappa shape index (κ2) is 7.07. The van der Waals surface area contributed by atoms with Crippen molar-refractivity contribution in [3.05, 3.63) is 12.7 Å². The first-order chi connectivity index (χ1) is 10.1. The van der Waals surface area contributed by atoms with Crippen molar-refractivity contribution in [1.82, 2.24) is 9.80 Å². The Balaban J connectivity index is 1.86. The molecule has 0 bridgehead atoms. The van der Waals surface area contributed by atoms with Gasteiger partial charge in [-0.3, -0.25) is 9.59 Å². The smallest absolute Gasteiger partial charge is 0.224 e. The van der Waals surface area contributed by atoms with E-state index in [4.69, 9.17) is 0 Å². The highest BCUT2D eigenvalue weighted by Crippen LogP contribution is 2.33. The fraction of sp³-hybridized carbons (Fsp3) is 0.750. The molecular formula is C16H26N2O3. The second-order valence-electron chi connectivity index (χ2n) is 6.30. The van der Waals surface area contributed by atoms with Crippen LogP contribution in [0, 0.1) is 5.41 Å². The van der Waals surface area contributed by atoms with Crippen molar-refractivity contribution in [3.8, 4) is 0 Å². The van der Waals surface area contributed by atoms with E-state index in [1.54, 1.807) is 4.90 Å². The third-order valence-corrected chi connectivity index (χ3v) is 4.69. The quantitative estimate of drug-likeness (QED) is 0.748. The van der Waals surface area contributed by atoms with Crippen LogP contribution in [0.4, 0.5) is 0 Å². The Morgan fingerprint density at radius 1 is 1.38 bits per heavy atom. The Morgan fingerprint density at radius 3 is 2.81 bits per heavy atom. The molecule has 1 atom stereocenters. The number of aliphatic hydroxyl groups excluding tert-OH is 1. The molecule has 5 nitrogen and oxygen atoms in total. The Hall–Kier alpha value is -1.36. The number of amides is 2. The molecule has 0 aliphatic carbocycles. The fourth-order valence-electron chi connectivity index (χ4n) is 3.42. The molecule has 2 saturated heterocycles. The van der Waals surface area contributed by atoms with Crippen LogP contribution in [0.15, 0.2) is 12.7 Å². The lowest BCUT2D eigenvalue weighted by Crippen LogP contribution is -2.48. The molecule has 0 saturated carbocycles. The predicted octanol–water partition coefficient (Wildman–Crippen LogP) is 1.18. The molecule has 21 heavy (non-hydrogen) atoms. The van der Waals surface area contributed by atoms with E-state index < -0.39 is 0 Å². The van der Waals surface area contributed by atoms with Crippen molar-refractivity contribution < 1.29 is 14.7 Å². The van der Waals surface area contributed by atoms with Crippen LogP contribution in [0.3, 0.4) is 0 Å². The van der Waals surface area contributed by atoms with Gasteiger partial charge >= 0.3 is 0 Å². The highest BCUT2D eigenvalue weighted by Gasteiger charge is 2.35. The van der Waals surface area contributed by atoms with Crippen LogP contribution in [-0.2, 0) is 9.59 Å². The van der Waals surface area contributed by atoms with E-state index in [2.05, 4.69) is 6.58 Å². The lowest BCUT2D eigenvalue weighted by Gasteiger charge is -2.41. The minimum absolute atomic E-state index is 0.0907. The third kappa shape index (κ3) is 3.84. The summed E-state index contributed by atoms with van der Waals surface area (Å²) in [5.41, 5.74) is -0.223. The molecule has 2 aliphatic rings. The molecule has 2 amide bonds. The third-order valence-electron chi connectivity index (χ3n) is 4.69. The zero-order valence-corrected chi connectivity index (χ0v) is 12.7. The van der Waals surface area contributed by atoms with Crippen molar-refractivity contribution in [2.75, 3.05) is 32.8 Å². The molecule has 0 aromatic heterocycles. The van der Waals surface area contributed by atoms with Gasteiger partial charge in [0.1, 0.15) is 0 Å². The predicted molar refractivity (Wildman–Crippen MR) is 80.6 cm³/mol. The average molecular weight is 294 g/mol. The molecule has 0 unspecified atom stereocenters. The Labute approximate surface area is 126 Å². The van der Waals surface area contributed by atoms with Gasteiger partial charge in [0.05, 0.1) is 6.61 Å². The number of nitrogens with zero attached hydrogens (tertiary/aromatic N) is 2. The number of rotatable bonds is 6. The van der Waals surface area contributed by atoms with E-state index in [0.717, 1.165) is 38.8 Å². The highest BCUT2D eigenvalue weighted by molar-refractivity contribution is 5.80. The van der Waals surface area contributed by atoms with Crippen LogP contribution in [0.5, 0.6) is 0 Å². The normalized spacial score (nSPS) is 26.2. The van der Waals surface area contributed by atoms with E-state index in [1.165, 1.54) is 0 Å². The number of likely N-dealkylation sites (tertiary alicyclic amines) is 2. The van der Waals surface area contributed by atoms with Crippen LogP contribution in [0.2, 0.25) is 0 Å². The summed E-state index contributed by atoms with van der Waals surface area (Å²) in [4.78, 5) is 27.5. The summed E-state index contributed by atoms with van der Waals surface area (Å²) in [5, 5.41) is 9.67. The lowest BCUT2D eigenvalue weighted by molar-refractivity contribution is -0.136. The van der Waals surface area contributed by atoms with E-state index in [1.807, 2.05) is 11.0 Å². The minimum Gasteiger partial charge on any atom is -0.396 e. The maximum Gasteiger partial charge on any atom is 0.224 e. The van der Waals surface area contributed by atoms with E-state index in [-0.39, 0.29) is 23.8 Å². The number of piperidine rings is 1. The van der Waals surface area contributed by atoms with Gasteiger partial charge in [0.25, 0.3) is 0 Å². The second-order valence-corrected chi connectivity index (χ2v) is 6.30. The molecule has 2 heterocycles. The van der Waals surface area contributed by atoms with Gasteiger partial charge < -0.3 is 14.9 Å². The van der Waals surface area contributed by atoms with Crippen molar-refractivity contribution in [3.63, 3.8) is 0 Å². The fourth-order valence-corrected chi connectivity index (χ4v) is 3.42. The Bertz CT molecular complexity index is 410. The molecule has 118 valence electrons. The van der Waals surface area contributed by atoms with Crippen LogP contribution in [0.25, 0.3) is 0 Å². The van der Waals surface area contributed by atoms with Gasteiger partial charge in [-0.1, -0.05) is 6.08 Å². The van der Waals surface area contributed by atoms with Gasteiger partial charge in [0.15, 0.2) is 0 Å². The van der Waals surface area contributed by atoms with Gasteiger partial charge in [-0.05, 0) is 25.7 Å². The average Bonchev–Trinajstić information content (AvgIpc) is 2.90. The zero-order valence-electron chi connectivity index (χ0n) is 12.7. The topological polar surface area (TPSA) is 60.9 Å². The van der Waals surface area contributed by atoms with E-state index in [0.29, 0.717) is 25.9 Å². The van der Waals surface area contributed by atoms with E-state index >= 15 is 0 Å². The summed E-state index contributed by atoms with van der Waals surface area (Å²) >= 11 is 0. The molecule has 2 aliphatic heterocycles. The van der Waals surface area contributed by atoms with Gasteiger partial charge in [-0.2, -0.15) is 0 Å². The van der Waals surface area contributed by atoms with Gasteiger partial charge in [-0.15, -0.1) is 6.58 Å². The van der Waals surface area contributed by atoms with Crippen molar-refractivity contribution in [2.45, 2.75) is 38.5 Å². The molecule has 2 fully saturated rings. The standard InChI is InChI=1S/C16H26N2O3/c1-2-7-16(13-19)8-4-10-18(12-16)15(21)6-11-17-9-3-5-14(17)20/h2,19H,1,3-13H2/t16-/m1/s1. The molecule has 0 aromatic rings. The molecule has 0 aromatic carbocycles. The molecule has 1 N–H and O–H groups in total. The van der Waals surface area contributed by atoms with E-state index in [9.17, 15) is 14.7 Å². The molecule has 5 heteroatoms. The lowest BCUT2D eigenvalue weighted by atomic mass is 9.78. The zero-order chi connectivity index (χ0) is 15.3. The first-order valence-electron chi connectivity index (χ1n) is 7.87. The molecule has 2 rings (SSSR count). The summed E-state index contributed by atoms with van der Waals surface area (Å²) in [7, 11) is 0. The summed E-state index contributed by atoms with van der Waals surface area (Å²) < 4.78 is 0. The van der Waals surface area contributed by atoms with Crippen molar-refractivity contribution in [1.29, 1.82) is 0 Å². The minimum atomic E-state index is -0.223. The molecule has 0 spiro atoms. The summed E-state index contributed by atoms with van der Waals surface area (Å²) in [6.07, 6.45) is 6.33. The number of hydrogen-bond donors (Lipinski definition) is 1. The highest BCUT2D eigenvalue weighted by atomic mass is 16.3. The molecular weight excluding hydrogens is 268 g/mol. The maximum absolute atomic E-state index is 12.3. The maximum atomic E-state index is 12.3. The van der Waals surface area contributed by atoms with Crippen LogP contribution in [0.1, 0.15) is 38.5 Å². The Kier molecular flexibility index (Phi) is 5.39. The number of hydrogen-bond acceptors (Lipinski definition) is 3. The summed E-state index contributed by atoms with van der Waals surface area (Å²) in [6.45, 7) is 6.51. The first-order valence-corrected chi connectivity index (χ1v) is 7.87. The number of carbonyl (C=O) groups excluding carboxylic acids is 2. The number of carbonyl (C=O) groups is 2. The van der Waals surface area contributed by atoms with Crippen molar-refractivity contribution >= 4 is 11.8 Å². The summed E-state index contributed by atoms with van der Waals surface area (Å²) in [6, 6.07) is 0. The Morgan fingerprint density at radius 2 is 2.19 bits per heavy atom. The first kappa shape index (κ1) is 16.0. The van der Waals surface area contributed by atoms with Gasteiger partial charge in [-0.25, -0.2) is 0 Å². The summed E-state index contributed by atoms with van der Waals surface area (Å²) in [5.74, 6) is 0.258. The van der Waals surface area contributed by atoms with Crippen LogP contribution in [-0.4, -0.2) is 59.5 Å². The van der Waals surface area contributed by atoms with Gasteiger partial charge in [0.2, 0.25) is 11.8 Å². The van der Waals surface area contributed by atoms with Crippen LogP contribution < -0.4 is 0 Å². The van der Waals surface area contributed by atoms with Crippen LogP contribution >= 0.6 is 0 Å². The number of allylic oxidation sites excluding steroid dienone is 1. The largest absolute Gasteiger partial charge is 0.396 e. The monoisotopic (exact) mass is 294 g/mol.